The number of hydrogen-bond donors (Lipinski definition) is 1. The third-order valence-electron chi connectivity index (χ3n) is 3.77. The van der Waals surface area contributed by atoms with Crippen LogP contribution < -0.4 is 0 Å². The molecule has 0 aliphatic carbocycles. The molecule has 1 unspecified atom stereocenters. The largest absolute Gasteiger partial charge is 0.416 e. The molecule has 4 nitrogen and oxygen atoms in total. The third kappa shape index (κ3) is 4.03. The van der Waals surface area contributed by atoms with Crippen molar-refractivity contribution in [3.63, 3.8) is 0 Å². The van der Waals surface area contributed by atoms with E-state index in [-0.39, 0.29) is 5.56 Å². The van der Waals surface area contributed by atoms with Crippen LogP contribution in [0, 0.1) is 0 Å². The third-order valence-corrected chi connectivity index (χ3v) is 4.55. The van der Waals surface area contributed by atoms with Crippen molar-refractivity contribution >= 4 is 32.6 Å². The Hall–Kier alpha value is -2.03. The summed E-state index contributed by atoms with van der Waals surface area (Å²) in [7, 11) is -3.88. The molecule has 26 heavy (non-hydrogen) atoms. The minimum absolute atomic E-state index is 0.268. The molecule has 0 aliphatic heterocycles. The van der Waals surface area contributed by atoms with Crippen LogP contribution in [0.4, 0.5) is 13.2 Å². The van der Waals surface area contributed by atoms with E-state index in [1.165, 1.54) is 12.1 Å². The molecule has 0 spiro atoms. The number of hydrogen-bond acceptors (Lipinski definition) is 3. The van der Waals surface area contributed by atoms with E-state index in [0.717, 1.165) is 18.4 Å². The lowest BCUT2D eigenvalue weighted by Crippen LogP contribution is -2.12. The maximum absolute atomic E-state index is 12.8. The summed E-state index contributed by atoms with van der Waals surface area (Å²) < 4.78 is 66.9. The number of alkyl halides is 3. The molecule has 1 aromatic heterocycles. The highest BCUT2D eigenvalue weighted by Crippen LogP contribution is 2.36. The molecule has 2 aromatic carbocycles. The lowest BCUT2D eigenvalue weighted by atomic mass is 10.00. The molecule has 0 saturated heterocycles. The van der Waals surface area contributed by atoms with Crippen LogP contribution in [0.1, 0.15) is 22.8 Å². The zero-order valence-corrected chi connectivity index (χ0v) is 14.9. The molecule has 0 saturated carbocycles. The highest BCUT2D eigenvalue weighted by atomic mass is 35.5. The number of aromatic amines is 1. The fourth-order valence-electron chi connectivity index (χ4n) is 2.64. The van der Waals surface area contributed by atoms with Crippen LogP contribution in [0.3, 0.4) is 0 Å². The van der Waals surface area contributed by atoms with Crippen molar-refractivity contribution < 1.29 is 25.8 Å². The van der Waals surface area contributed by atoms with E-state index in [2.05, 4.69) is 4.98 Å². The van der Waals surface area contributed by atoms with Crippen molar-refractivity contribution in [3.05, 3.63) is 70.4 Å². The SMILES string of the molecule is CS(=O)(=O)OC(c1ccc(C(F)(F)F)cc1)c1c[nH]c2ccc(Cl)cc12. The van der Waals surface area contributed by atoms with Gasteiger partial charge in [0.1, 0.15) is 6.10 Å². The fraction of sp³-hybridized carbons (Fsp3) is 0.176. The van der Waals surface area contributed by atoms with E-state index < -0.39 is 28.0 Å². The van der Waals surface area contributed by atoms with Gasteiger partial charge in [-0.15, -0.1) is 0 Å². The highest BCUT2D eigenvalue weighted by Gasteiger charge is 2.31. The van der Waals surface area contributed by atoms with E-state index in [9.17, 15) is 21.6 Å². The van der Waals surface area contributed by atoms with E-state index in [4.69, 9.17) is 15.8 Å². The van der Waals surface area contributed by atoms with Gasteiger partial charge in [-0.2, -0.15) is 21.6 Å². The molecule has 0 amide bonds. The number of rotatable bonds is 4. The Bertz CT molecular complexity index is 1040. The topological polar surface area (TPSA) is 59.2 Å². The van der Waals surface area contributed by atoms with Gasteiger partial charge in [-0.1, -0.05) is 23.7 Å². The van der Waals surface area contributed by atoms with Gasteiger partial charge in [-0.3, -0.25) is 4.18 Å². The van der Waals surface area contributed by atoms with Crippen LogP contribution in [0.2, 0.25) is 5.02 Å². The van der Waals surface area contributed by atoms with E-state index in [1.807, 2.05) is 0 Å². The number of halogens is 4. The van der Waals surface area contributed by atoms with E-state index in [1.54, 1.807) is 24.4 Å². The van der Waals surface area contributed by atoms with Gasteiger partial charge in [-0.25, -0.2) is 0 Å². The van der Waals surface area contributed by atoms with Gasteiger partial charge >= 0.3 is 6.18 Å². The predicted molar refractivity (Wildman–Crippen MR) is 92.5 cm³/mol. The first-order valence-corrected chi connectivity index (χ1v) is 9.56. The summed E-state index contributed by atoms with van der Waals surface area (Å²) in [6.07, 6.45) is -3.17. The Morgan fingerprint density at radius 1 is 1.12 bits per heavy atom. The summed E-state index contributed by atoms with van der Waals surface area (Å²) in [6, 6.07) is 9.17. The van der Waals surface area contributed by atoms with Crippen molar-refractivity contribution in [2.75, 3.05) is 6.26 Å². The van der Waals surface area contributed by atoms with Crippen LogP contribution in [0.5, 0.6) is 0 Å². The normalized spacial score (nSPS) is 13.9. The van der Waals surface area contributed by atoms with Gasteiger partial charge in [0.15, 0.2) is 0 Å². The fourth-order valence-corrected chi connectivity index (χ4v) is 3.38. The summed E-state index contributed by atoms with van der Waals surface area (Å²) >= 11 is 6.00. The van der Waals surface area contributed by atoms with Gasteiger partial charge in [-0.05, 0) is 35.9 Å². The molecule has 0 aliphatic rings. The molecule has 1 N–H and O–H groups in total. The lowest BCUT2D eigenvalue weighted by Gasteiger charge is -2.17. The van der Waals surface area contributed by atoms with Crippen molar-refractivity contribution in [2.45, 2.75) is 12.3 Å². The summed E-state index contributed by atoms with van der Waals surface area (Å²) in [6.45, 7) is 0. The number of fused-ring (bicyclic) bond motifs is 1. The molecule has 0 bridgehead atoms. The van der Waals surface area contributed by atoms with Crippen molar-refractivity contribution in [1.29, 1.82) is 0 Å². The highest BCUT2D eigenvalue weighted by molar-refractivity contribution is 7.86. The van der Waals surface area contributed by atoms with Gasteiger partial charge in [0.2, 0.25) is 0 Å². The zero-order valence-electron chi connectivity index (χ0n) is 13.3. The monoisotopic (exact) mass is 403 g/mol. The zero-order chi connectivity index (χ0) is 19.1. The standard InChI is InChI=1S/C17H13ClF3NO3S/c1-26(23,24)25-16(10-2-4-11(5-3-10)17(19,20)21)14-9-22-15-7-6-12(18)8-13(14)15/h2-9,16,22H,1H3. The minimum Gasteiger partial charge on any atom is -0.361 e. The van der Waals surface area contributed by atoms with Gasteiger partial charge in [0.05, 0.1) is 11.8 Å². The Balaban J connectivity index is 2.12. The molecule has 138 valence electrons. The predicted octanol–water partition coefficient (Wildman–Crippen LogP) is 4.91. The first kappa shape index (κ1) is 18.8. The summed E-state index contributed by atoms with van der Waals surface area (Å²) in [5.41, 5.74) is 0.580. The Labute approximate surface area is 152 Å². The molecule has 3 aromatic rings. The van der Waals surface area contributed by atoms with Crippen molar-refractivity contribution in [2.24, 2.45) is 0 Å². The smallest absolute Gasteiger partial charge is 0.361 e. The van der Waals surface area contributed by atoms with E-state index in [0.29, 0.717) is 21.5 Å². The molecule has 1 heterocycles. The number of aromatic nitrogens is 1. The molecule has 0 radical (unpaired) electrons. The van der Waals surface area contributed by atoms with Crippen LogP contribution in [-0.4, -0.2) is 19.7 Å². The molecular formula is C17H13ClF3NO3S. The van der Waals surface area contributed by atoms with Crippen LogP contribution in [-0.2, 0) is 20.5 Å². The molecule has 1 atom stereocenters. The number of nitrogens with one attached hydrogen (secondary N) is 1. The van der Waals surface area contributed by atoms with Gasteiger partial charge in [0.25, 0.3) is 10.1 Å². The minimum atomic E-state index is -4.49. The van der Waals surface area contributed by atoms with E-state index >= 15 is 0 Å². The van der Waals surface area contributed by atoms with Crippen LogP contribution in [0.15, 0.2) is 48.7 Å². The summed E-state index contributed by atoms with van der Waals surface area (Å²) in [4.78, 5) is 2.97. The maximum atomic E-state index is 12.8. The average Bonchev–Trinajstić information content (AvgIpc) is 2.94. The van der Waals surface area contributed by atoms with Gasteiger partial charge < -0.3 is 4.98 Å². The molecular weight excluding hydrogens is 391 g/mol. The lowest BCUT2D eigenvalue weighted by molar-refractivity contribution is -0.137. The van der Waals surface area contributed by atoms with Crippen molar-refractivity contribution in [1.82, 2.24) is 4.98 Å². The summed E-state index contributed by atoms with van der Waals surface area (Å²) in [5, 5.41) is 1.05. The Morgan fingerprint density at radius 3 is 2.35 bits per heavy atom. The number of benzene rings is 2. The summed E-state index contributed by atoms with van der Waals surface area (Å²) in [5.74, 6) is 0. The molecule has 0 fully saturated rings. The number of H-pyrrole nitrogens is 1. The second-order valence-corrected chi connectivity index (χ2v) is 7.77. The molecule has 9 heteroatoms. The van der Waals surface area contributed by atoms with Crippen molar-refractivity contribution in [3.8, 4) is 0 Å². The second kappa shape index (κ2) is 6.61. The first-order valence-electron chi connectivity index (χ1n) is 7.36. The first-order chi connectivity index (χ1) is 12.0. The van der Waals surface area contributed by atoms with Gasteiger partial charge in [0, 0.05) is 27.7 Å². The Morgan fingerprint density at radius 2 is 1.77 bits per heavy atom. The molecule has 3 rings (SSSR count). The maximum Gasteiger partial charge on any atom is 0.416 e. The average molecular weight is 404 g/mol. The van der Waals surface area contributed by atoms with Crippen LogP contribution >= 0.6 is 11.6 Å². The van der Waals surface area contributed by atoms with Crippen LogP contribution in [0.25, 0.3) is 10.9 Å². The Kier molecular flexibility index (Phi) is 4.76. The second-order valence-electron chi connectivity index (χ2n) is 5.73. The quantitative estimate of drug-likeness (QED) is 0.630.